The monoisotopic (exact) mass is 316 g/mol. The number of hydrogen-bond acceptors (Lipinski definition) is 3. The Balaban J connectivity index is 2.18. The first kappa shape index (κ1) is 15.1. The number of halogens is 2. The summed E-state index contributed by atoms with van der Waals surface area (Å²) < 4.78 is 0. The zero-order chi connectivity index (χ0) is 14.8. The fourth-order valence-electron chi connectivity index (χ4n) is 2.58. The fourth-order valence-corrected chi connectivity index (χ4v) is 3.01. The summed E-state index contributed by atoms with van der Waals surface area (Å²) in [6.07, 6.45) is 3.03. The predicted octanol–water partition coefficient (Wildman–Crippen LogP) is 2.91. The molecule has 2 N–H and O–H groups in total. The van der Waals surface area contributed by atoms with Gasteiger partial charge >= 0.3 is 5.97 Å². The third-order valence-corrected chi connectivity index (χ3v) is 3.99. The summed E-state index contributed by atoms with van der Waals surface area (Å²) in [5, 5.41) is 12.0. The minimum atomic E-state index is -0.924. The number of aromatic nitrogens is 1. The number of aliphatic carboxylic acids is 1. The van der Waals surface area contributed by atoms with Crippen molar-refractivity contribution in [1.29, 1.82) is 0 Å². The standard InChI is InChI=1S/C13H14Cl2N2O3/c14-9-4-3-8(11(15)16-9)12(20)17-13(7-10(18)19)5-1-2-6-13/h3-4H,1-2,5-7H2,(H,17,20)(H,18,19). The number of amides is 1. The summed E-state index contributed by atoms with van der Waals surface area (Å²) in [4.78, 5) is 27.0. The highest BCUT2D eigenvalue weighted by Gasteiger charge is 2.37. The molecule has 108 valence electrons. The molecule has 1 aliphatic carbocycles. The number of nitrogens with zero attached hydrogens (tertiary/aromatic N) is 1. The van der Waals surface area contributed by atoms with Gasteiger partial charge in [-0.15, -0.1) is 0 Å². The SMILES string of the molecule is O=C(O)CC1(NC(=O)c2ccc(Cl)nc2Cl)CCCC1. The van der Waals surface area contributed by atoms with Gasteiger partial charge in [0.1, 0.15) is 10.3 Å². The number of nitrogens with one attached hydrogen (secondary N) is 1. The number of rotatable bonds is 4. The van der Waals surface area contributed by atoms with Gasteiger partial charge in [0.05, 0.1) is 17.5 Å². The number of carbonyl (C=O) groups excluding carboxylic acids is 1. The zero-order valence-electron chi connectivity index (χ0n) is 10.7. The summed E-state index contributed by atoms with van der Waals surface area (Å²) in [5.41, 5.74) is -0.487. The number of hydrogen-bond donors (Lipinski definition) is 2. The molecule has 1 amide bonds. The summed E-state index contributed by atoms with van der Waals surface area (Å²) in [6.45, 7) is 0. The highest BCUT2D eigenvalue weighted by molar-refractivity contribution is 6.34. The van der Waals surface area contributed by atoms with Gasteiger partial charge in [-0.2, -0.15) is 0 Å². The molecule has 0 aromatic carbocycles. The molecule has 1 aromatic heterocycles. The topological polar surface area (TPSA) is 79.3 Å². The Morgan fingerprint density at radius 1 is 1.30 bits per heavy atom. The summed E-state index contributed by atoms with van der Waals surface area (Å²) >= 11 is 11.6. The van der Waals surface area contributed by atoms with E-state index in [0.29, 0.717) is 12.8 Å². The molecule has 1 aromatic rings. The van der Waals surface area contributed by atoms with E-state index in [1.54, 1.807) is 0 Å². The highest BCUT2D eigenvalue weighted by Crippen LogP contribution is 2.33. The van der Waals surface area contributed by atoms with Crippen LogP contribution in [0, 0.1) is 0 Å². The van der Waals surface area contributed by atoms with Crippen molar-refractivity contribution >= 4 is 35.1 Å². The van der Waals surface area contributed by atoms with Crippen LogP contribution in [0.2, 0.25) is 10.3 Å². The van der Waals surface area contributed by atoms with Crippen molar-refractivity contribution in [3.05, 3.63) is 28.0 Å². The molecule has 0 radical (unpaired) electrons. The average molecular weight is 317 g/mol. The first-order chi connectivity index (χ1) is 9.42. The van der Waals surface area contributed by atoms with E-state index in [-0.39, 0.29) is 22.3 Å². The third-order valence-electron chi connectivity index (χ3n) is 3.49. The van der Waals surface area contributed by atoms with Crippen LogP contribution in [0.5, 0.6) is 0 Å². The molecule has 0 aliphatic heterocycles. The van der Waals surface area contributed by atoms with E-state index in [2.05, 4.69) is 10.3 Å². The molecule has 0 bridgehead atoms. The fraction of sp³-hybridized carbons (Fsp3) is 0.462. The third kappa shape index (κ3) is 3.41. The van der Waals surface area contributed by atoms with Crippen LogP contribution in [0.3, 0.4) is 0 Å². The first-order valence-corrected chi connectivity index (χ1v) is 7.04. The molecule has 2 rings (SSSR count). The van der Waals surface area contributed by atoms with Crippen LogP contribution in [-0.2, 0) is 4.79 Å². The Morgan fingerprint density at radius 2 is 1.95 bits per heavy atom. The van der Waals surface area contributed by atoms with Crippen LogP contribution >= 0.6 is 23.2 Å². The molecule has 0 spiro atoms. The number of carboxylic acid groups (broad SMARTS) is 1. The minimum Gasteiger partial charge on any atom is -0.481 e. The maximum absolute atomic E-state index is 12.2. The van der Waals surface area contributed by atoms with Gasteiger partial charge in [-0.25, -0.2) is 4.98 Å². The highest BCUT2D eigenvalue weighted by atomic mass is 35.5. The van der Waals surface area contributed by atoms with E-state index < -0.39 is 17.4 Å². The van der Waals surface area contributed by atoms with Crippen LogP contribution < -0.4 is 5.32 Å². The van der Waals surface area contributed by atoms with Gasteiger partial charge in [0.2, 0.25) is 0 Å². The molecule has 0 unspecified atom stereocenters. The van der Waals surface area contributed by atoms with Crippen molar-refractivity contribution in [2.24, 2.45) is 0 Å². The van der Waals surface area contributed by atoms with Gasteiger partial charge < -0.3 is 10.4 Å². The molecule has 1 heterocycles. The van der Waals surface area contributed by atoms with Crippen LogP contribution in [0.1, 0.15) is 42.5 Å². The minimum absolute atomic E-state index is 0.0125. The van der Waals surface area contributed by atoms with Gasteiger partial charge in [-0.05, 0) is 25.0 Å². The summed E-state index contributed by atoms with van der Waals surface area (Å²) in [6, 6.07) is 2.96. The average Bonchev–Trinajstić information content (AvgIpc) is 2.75. The van der Waals surface area contributed by atoms with Crippen LogP contribution in [-0.4, -0.2) is 27.5 Å². The normalized spacial score (nSPS) is 16.9. The number of carbonyl (C=O) groups is 2. The van der Waals surface area contributed by atoms with Crippen molar-refractivity contribution < 1.29 is 14.7 Å². The van der Waals surface area contributed by atoms with Gasteiger partial charge in [0.25, 0.3) is 5.91 Å². The lowest BCUT2D eigenvalue weighted by Crippen LogP contribution is -2.47. The molecule has 1 aliphatic rings. The van der Waals surface area contributed by atoms with E-state index in [1.807, 2.05) is 0 Å². The molecule has 0 atom stereocenters. The van der Waals surface area contributed by atoms with Gasteiger partial charge in [0, 0.05) is 0 Å². The second-order valence-electron chi connectivity index (χ2n) is 4.98. The molecule has 1 saturated carbocycles. The summed E-state index contributed by atoms with van der Waals surface area (Å²) in [5.74, 6) is -1.34. The van der Waals surface area contributed by atoms with E-state index in [0.717, 1.165) is 12.8 Å². The Labute approximate surface area is 126 Å². The van der Waals surface area contributed by atoms with Crippen molar-refractivity contribution in [3.8, 4) is 0 Å². The van der Waals surface area contributed by atoms with Crippen molar-refractivity contribution in [2.45, 2.75) is 37.6 Å². The molecule has 20 heavy (non-hydrogen) atoms. The second-order valence-corrected chi connectivity index (χ2v) is 5.73. The molecule has 5 nitrogen and oxygen atoms in total. The van der Waals surface area contributed by atoms with Gasteiger partial charge in [-0.1, -0.05) is 36.0 Å². The van der Waals surface area contributed by atoms with Crippen LogP contribution in [0.25, 0.3) is 0 Å². The Kier molecular flexibility index (Phi) is 4.50. The Hall–Kier alpha value is -1.33. The van der Waals surface area contributed by atoms with Crippen molar-refractivity contribution in [3.63, 3.8) is 0 Å². The lowest BCUT2D eigenvalue weighted by atomic mass is 9.93. The molecular formula is C13H14Cl2N2O3. The maximum atomic E-state index is 12.2. The Morgan fingerprint density at radius 3 is 2.50 bits per heavy atom. The lowest BCUT2D eigenvalue weighted by molar-refractivity contribution is -0.138. The van der Waals surface area contributed by atoms with E-state index in [4.69, 9.17) is 28.3 Å². The van der Waals surface area contributed by atoms with Gasteiger partial charge in [0.15, 0.2) is 0 Å². The zero-order valence-corrected chi connectivity index (χ0v) is 12.2. The first-order valence-electron chi connectivity index (χ1n) is 6.28. The molecular weight excluding hydrogens is 303 g/mol. The summed E-state index contributed by atoms with van der Waals surface area (Å²) in [7, 11) is 0. The van der Waals surface area contributed by atoms with Crippen LogP contribution in [0.4, 0.5) is 0 Å². The molecule has 7 heteroatoms. The second kappa shape index (κ2) is 5.97. The number of pyridine rings is 1. The molecule has 1 fully saturated rings. The van der Waals surface area contributed by atoms with E-state index in [9.17, 15) is 9.59 Å². The largest absolute Gasteiger partial charge is 0.481 e. The quantitative estimate of drug-likeness (QED) is 0.837. The van der Waals surface area contributed by atoms with E-state index in [1.165, 1.54) is 12.1 Å². The lowest BCUT2D eigenvalue weighted by Gasteiger charge is -2.28. The van der Waals surface area contributed by atoms with E-state index >= 15 is 0 Å². The smallest absolute Gasteiger partial charge is 0.305 e. The van der Waals surface area contributed by atoms with Gasteiger partial charge in [-0.3, -0.25) is 9.59 Å². The van der Waals surface area contributed by atoms with Crippen LogP contribution in [0.15, 0.2) is 12.1 Å². The Bertz CT molecular complexity index is 542. The van der Waals surface area contributed by atoms with Crippen molar-refractivity contribution in [1.82, 2.24) is 10.3 Å². The molecule has 0 saturated heterocycles. The maximum Gasteiger partial charge on any atom is 0.305 e. The number of carboxylic acids is 1. The van der Waals surface area contributed by atoms with Crippen molar-refractivity contribution in [2.75, 3.05) is 0 Å². The predicted molar refractivity (Wildman–Crippen MR) is 75.2 cm³/mol.